The van der Waals surface area contributed by atoms with Gasteiger partial charge in [-0.3, -0.25) is 4.79 Å². The molecule has 20 heavy (non-hydrogen) atoms. The van der Waals surface area contributed by atoms with Gasteiger partial charge in [-0.25, -0.2) is 4.79 Å². The SMILES string of the molecule is CC(=O)c1ccc(OCC(=O)OCC2CCCO2)cc1. The molecule has 5 nitrogen and oxygen atoms in total. The average molecular weight is 278 g/mol. The summed E-state index contributed by atoms with van der Waals surface area (Å²) in [7, 11) is 0. The minimum atomic E-state index is -0.420. The standard InChI is InChI=1S/C15H18O5/c1-11(16)12-4-6-13(7-5-12)19-10-15(17)20-9-14-3-2-8-18-14/h4-7,14H,2-3,8-10H2,1H3. The van der Waals surface area contributed by atoms with Gasteiger partial charge in [0, 0.05) is 12.2 Å². The highest BCUT2D eigenvalue weighted by atomic mass is 16.6. The lowest BCUT2D eigenvalue weighted by Crippen LogP contribution is -2.21. The van der Waals surface area contributed by atoms with E-state index in [2.05, 4.69) is 0 Å². The number of rotatable bonds is 6. The predicted molar refractivity (Wildman–Crippen MR) is 71.9 cm³/mol. The van der Waals surface area contributed by atoms with Crippen LogP contribution in [0.3, 0.4) is 0 Å². The normalized spacial score (nSPS) is 17.8. The van der Waals surface area contributed by atoms with Gasteiger partial charge >= 0.3 is 5.97 Å². The number of ketones is 1. The van der Waals surface area contributed by atoms with Gasteiger partial charge in [0.15, 0.2) is 12.4 Å². The maximum Gasteiger partial charge on any atom is 0.344 e. The van der Waals surface area contributed by atoms with Crippen LogP contribution in [0, 0.1) is 0 Å². The number of carbonyl (C=O) groups excluding carboxylic acids is 2. The number of esters is 1. The van der Waals surface area contributed by atoms with Crippen molar-refractivity contribution in [2.24, 2.45) is 0 Å². The number of benzene rings is 1. The molecule has 0 bridgehead atoms. The van der Waals surface area contributed by atoms with E-state index in [4.69, 9.17) is 14.2 Å². The van der Waals surface area contributed by atoms with E-state index in [1.165, 1.54) is 6.92 Å². The van der Waals surface area contributed by atoms with Crippen molar-refractivity contribution in [2.75, 3.05) is 19.8 Å². The zero-order valence-electron chi connectivity index (χ0n) is 11.5. The Kier molecular flexibility index (Phi) is 5.12. The van der Waals surface area contributed by atoms with Crippen LogP contribution in [0.2, 0.25) is 0 Å². The number of hydrogen-bond donors (Lipinski definition) is 0. The first-order chi connectivity index (χ1) is 9.65. The lowest BCUT2D eigenvalue weighted by molar-refractivity contribution is -0.149. The van der Waals surface area contributed by atoms with E-state index in [0.717, 1.165) is 19.4 Å². The molecule has 1 unspecified atom stereocenters. The predicted octanol–water partition coefficient (Wildman–Crippen LogP) is 1.99. The van der Waals surface area contributed by atoms with Crippen LogP contribution in [0.5, 0.6) is 5.75 Å². The fourth-order valence-corrected chi connectivity index (χ4v) is 1.93. The molecule has 1 aliphatic heterocycles. The highest BCUT2D eigenvalue weighted by Crippen LogP contribution is 2.14. The summed E-state index contributed by atoms with van der Waals surface area (Å²) in [4.78, 5) is 22.6. The smallest absolute Gasteiger partial charge is 0.344 e. The van der Waals surface area contributed by atoms with Crippen LogP contribution in [0.1, 0.15) is 30.1 Å². The summed E-state index contributed by atoms with van der Waals surface area (Å²) in [5.41, 5.74) is 0.610. The van der Waals surface area contributed by atoms with Gasteiger partial charge in [-0.05, 0) is 44.0 Å². The molecule has 1 fully saturated rings. The first-order valence-corrected chi connectivity index (χ1v) is 6.66. The van der Waals surface area contributed by atoms with Crippen LogP contribution in [0.4, 0.5) is 0 Å². The van der Waals surface area contributed by atoms with E-state index in [-0.39, 0.29) is 25.1 Å². The van der Waals surface area contributed by atoms with Crippen molar-refractivity contribution in [1.29, 1.82) is 0 Å². The molecule has 0 aromatic heterocycles. The van der Waals surface area contributed by atoms with E-state index in [1.54, 1.807) is 24.3 Å². The Labute approximate surface area is 117 Å². The van der Waals surface area contributed by atoms with Gasteiger partial charge in [-0.1, -0.05) is 0 Å². The molecule has 1 aliphatic rings. The summed E-state index contributed by atoms with van der Waals surface area (Å²) in [6.45, 7) is 2.37. The minimum Gasteiger partial charge on any atom is -0.482 e. The molecule has 5 heteroatoms. The lowest BCUT2D eigenvalue weighted by atomic mass is 10.1. The van der Waals surface area contributed by atoms with Crippen molar-refractivity contribution >= 4 is 11.8 Å². The summed E-state index contributed by atoms with van der Waals surface area (Å²) < 4.78 is 15.7. The van der Waals surface area contributed by atoms with E-state index >= 15 is 0 Å². The summed E-state index contributed by atoms with van der Waals surface area (Å²) in [5.74, 6) is 0.104. The Morgan fingerprint density at radius 2 is 2.05 bits per heavy atom. The molecule has 0 amide bonds. The number of carbonyl (C=O) groups is 2. The quantitative estimate of drug-likeness (QED) is 0.588. The summed E-state index contributed by atoms with van der Waals surface area (Å²) >= 11 is 0. The van der Waals surface area contributed by atoms with Crippen molar-refractivity contribution in [3.63, 3.8) is 0 Å². The molecule has 1 atom stereocenters. The second-order valence-electron chi connectivity index (χ2n) is 4.69. The molecule has 2 rings (SSSR count). The zero-order valence-corrected chi connectivity index (χ0v) is 11.5. The number of ether oxygens (including phenoxy) is 3. The van der Waals surface area contributed by atoms with Crippen molar-refractivity contribution in [2.45, 2.75) is 25.9 Å². The molecule has 0 radical (unpaired) electrons. The molecule has 0 N–H and O–H groups in total. The maximum absolute atomic E-state index is 11.5. The van der Waals surface area contributed by atoms with Crippen molar-refractivity contribution < 1.29 is 23.8 Å². The third kappa shape index (κ3) is 4.35. The topological polar surface area (TPSA) is 61.8 Å². The highest BCUT2D eigenvalue weighted by molar-refractivity contribution is 5.94. The van der Waals surface area contributed by atoms with Crippen molar-refractivity contribution in [3.8, 4) is 5.75 Å². The van der Waals surface area contributed by atoms with E-state index in [0.29, 0.717) is 11.3 Å². The molecule has 108 valence electrons. The molecular formula is C15H18O5. The van der Waals surface area contributed by atoms with Gasteiger partial charge in [-0.2, -0.15) is 0 Å². The van der Waals surface area contributed by atoms with E-state index in [1.807, 2.05) is 0 Å². The Balaban J connectivity index is 1.70. The first kappa shape index (κ1) is 14.5. The Bertz CT molecular complexity index is 460. The second kappa shape index (κ2) is 7.05. The average Bonchev–Trinajstić information content (AvgIpc) is 2.96. The van der Waals surface area contributed by atoms with Crippen LogP contribution in [-0.2, 0) is 14.3 Å². The first-order valence-electron chi connectivity index (χ1n) is 6.66. The number of hydrogen-bond acceptors (Lipinski definition) is 5. The van der Waals surface area contributed by atoms with E-state index in [9.17, 15) is 9.59 Å². The third-order valence-electron chi connectivity index (χ3n) is 3.07. The number of Topliss-reactive ketones (excluding diaryl/α,β-unsaturated/α-hetero) is 1. The van der Waals surface area contributed by atoms with Crippen LogP contribution < -0.4 is 4.74 Å². The molecular weight excluding hydrogens is 260 g/mol. The van der Waals surface area contributed by atoms with Crippen LogP contribution in [-0.4, -0.2) is 37.7 Å². The summed E-state index contributed by atoms with van der Waals surface area (Å²) in [6, 6.07) is 6.64. The molecule has 0 aliphatic carbocycles. The van der Waals surface area contributed by atoms with Crippen molar-refractivity contribution in [3.05, 3.63) is 29.8 Å². The Morgan fingerprint density at radius 1 is 1.30 bits per heavy atom. The molecule has 1 heterocycles. The summed E-state index contributed by atoms with van der Waals surface area (Å²) in [6.07, 6.45) is 1.97. The summed E-state index contributed by atoms with van der Waals surface area (Å²) in [5, 5.41) is 0. The van der Waals surface area contributed by atoms with Crippen LogP contribution in [0.15, 0.2) is 24.3 Å². The second-order valence-corrected chi connectivity index (χ2v) is 4.69. The molecule has 1 aromatic carbocycles. The fourth-order valence-electron chi connectivity index (χ4n) is 1.93. The lowest BCUT2D eigenvalue weighted by Gasteiger charge is -2.10. The van der Waals surface area contributed by atoms with Crippen molar-refractivity contribution in [1.82, 2.24) is 0 Å². The fraction of sp³-hybridized carbons (Fsp3) is 0.467. The van der Waals surface area contributed by atoms with E-state index < -0.39 is 5.97 Å². The van der Waals surface area contributed by atoms with Gasteiger partial charge in [0.05, 0.1) is 6.10 Å². The Morgan fingerprint density at radius 3 is 2.65 bits per heavy atom. The molecule has 0 saturated carbocycles. The van der Waals surface area contributed by atoms with Gasteiger partial charge < -0.3 is 14.2 Å². The van der Waals surface area contributed by atoms with Crippen LogP contribution in [0.25, 0.3) is 0 Å². The van der Waals surface area contributed by atoms with Gasteiger partial charge in [0.25, 0.3) is 0 Å². The zero-order chi connectivity index (χ0) is 14.4. The molecule has 1 aromatic rings. The third-order valence-corrected chi connectivity index (χ3v) is 3.07. The van der Waals surface area contributed by atoms with Gasteiger partial charge in [0.1, 0.15) is 12.4 Å². The monoisotopic (exact) mass is 278 g/mol. The molecule has 1 saturated heterocycles. The van der Waals surface area contributed by atoms with Gasteiger partial charge in [-0.15, -0.1) is 0 Å². The minimum absolute atomic E-state index is 0.00692. The Hall–Kier alpha value is -1.88. The molecule has 0 spiro atoms. The van der Waals surface area contributed by atoms with Crippen LogP contribution >= 0.6 is 0 Å². The van der Waals surface area contributed by atoms with Gasteiger partial charge in [0.2, 0.25) is 0 Å². The largest absolute Gasteiger partial charge is 0.482 e. The highest BCUT2D eigenvalue weighted by Gasteiger charge is 2.17. The maximum atomic E-state index is 11.5.